The van der Waals surface area contributed by atoms with Gasteiger partial charge in [0.25, 0.3) is 0 Å². The number of carbonyl (C=O) groups is 1. The SMILES string of the molecule is O=C(O)c1cc(C2CC2)c(OC2CCNCC2)cc1F. The molecule has 108 valence electrons. The predicted molar refractivity (Wildman–Crippen MR) is 71.9 cm³/mol. The third-order valence-corrected chi connectivity index (χ3v) is 3.93. The van der Waals surface area contributed by atoms with Gasteiger partial charge in [-0.05, 0) is 56.3 Å². The summed E-state index contributed by atoms with van der Waals surface area (Å²) in [5.74, 6) is -1.09. The number of nitrogens with one attached hydrogen (secondary N) is 1. The second-order valence-corrected chi connectivity index (χ2v) is 5.52. The number of halogens is 1. The van der Waals surface area contributed by atoms with Gasteiger partial charge in [0.15, 0.2) is 0 Å². The van der Waals surface area contributed by atoms with Crippen LogP contribution in [-0.4, -0.2) is 30.3 Å². The Morgan fingerprint density at radius 3 is 2.55 bits per heavy atom. The van der Waals surface area contributed by atoms with Gasteiger partial charge in [-0.25, -0.2) is 9.18 Å². The van der Waals surface area contributed by atoms with Crippen molar-refractivity contribution >= 4 is 5.97 Å². The molecule has 2 N–H and O–H groups in total. The molecular weight excluding hydrogens is 261 g/mol. The maximum absolute atomic E-state index is 13.8. The molecule has 4 nitrogen and oxygen atoms in total. The fourth-order valence-electron chi connectivity index (χ4n) is 2.64. The second kappa shape index (κ2) is 5.40. The van der Waals surface area contributed by atoms with E-state index < -0.39 is 11.8 Å². The normalized spacial score (nSPS) is 19.9. The van der Waals surface area contributed by atoms with Crippen LogP contribution in [0, 0.1) is 5.82 Å². The molecule has 1 aromatic rings. The van der Waals surface area contributed by atoms with Crippen LogP contribution in [0.25, 0.3) is 0 Å². The molecule has 1 aromatic carbocycles. The van der Waals surface area contributed by atoms with E-state index in [-0.39, 0.29) is 11.7 Å². The highest BCUT2D eigenvalue weighted by Crippen LogP contribution is 2.45. The summed E-state index contributed by atoms with van der Waals surface area (Å²) in [5.41, 5.74) is 0.590. The lowest BCUT2D eigenvalue weighted by Gasteiger charge is -2.25. The molecule has 5 heteroatoms. The van der Waals surface area contributed by atoms with Gasteiger partial charge in [0.05, 0.1) is 5.56 Å². The van der Waals surface area contributed by atoms with Gasteiger partial charge in [-0.2, -0.15) is 0 Å². The van der Waals surface area contributed by atoms with Gasteiger partial charge < -0.3 is 15.2 Å². The number of carboxylic acid groups (broad SMARTS) is 1. The Labute approximate surface area is 116 Å². The number of hydrogen-bond donors (Lipinski definition) is 2. The van der Waals surface area contributed by atoms with Crippen molar-refractivity contribution < 1.29 is 19.0 Å². The van der Waals surface area contributed by atoms with E-state index in [1.165, 1.54) is 12.1 Å². The minimum absolute atomic E-state index is 0.0869. The highest BCUT2D eigenvalue weighted by molar-refractivity contribution is 5.88. The zero-order valence-corrected chi connectivity index (χ0v) is 11.2. The molecule has 0 unspecified atom stereocenters. The Balaban J connectivity index is 1.88. The van der Waals surface area contributed by atoms with Gasteiger partial charge in [0.2, 0.25) is 0 Å². The quantitative estimate of drug-likeness (QED) is 0.889. The summed E-state index contributed by atoms with van der Waals surface area (Å²) in [5, 5.41) is 12.3. The van der Waals surface area contributed by atoms with E-state index in [1.54, 1.807) is 0 Å². The molecule has 0 amide bonds. The van der Waals surface area contributed by atoms with Crippen LogP contribution >= 0.6 is 0 Å². The summed E-state index contributed by atoms with van der Waals surface area (Å²) in [4.78, 5) is 11.0. The van der Waals surface area contributed by atoms with Crippen molar-refractivity contribution in [3.63, 3.8) is 0 Å². The Hall–Kier alpha value is -1.62. The van der Waals surface area contributed by atoms with Gasteiger partial charge >= 0.3 is 5.97 Å². The van der Waals surface area contributed by atoms with Crippen molar-refractivity contribution in [3.05, 3.63) is 29.1 Å². The molecule has 1 aliphatic carbocycles. The Kier molecular flexibility index (Phi) is 3.61. The first kappa shape index (κ1) is 13.4. The van der Waals surface area contributed by atoms with Crippen LogP contribution < -0.4 is 10.1 Å². The molecule has 0 atom stereocenters. The molecule has 0 radical (unpaired) electrons. The number of rotatable bonds is 4. The van der Waals surface area contributed by atoms with Gasteiger partial charge in [-0.15, -0.1) is 0 Å². The number of carboxylic acids is 1. The highest BCUT2D eigenvalue weighted by Gasteiger charge is 2.30. The average molecular weight is 279 g/mol. The van der Waals surface area contributed by atoms with Crippen LogP contribution in [0.3, 0.4) is 0 Å². The van der Waals surface area contributed by atoms with E-state index in [0.29, 0.717) is 11.7 Å². The van der Waals surface area contributed by atoms with Crippen molar-refractivity contribution in [1.82, 2.24) is 5.32 Å². The minimum atomic E-state index is -1.22. The van der Waals surface area contributed by atoms with Crippen LogP contribution in [0.5, 0.6) is 5.75 Å². The minimum Gasteiger partial charge on any atom is -0.490 e. The van der Waals surface area contributed by atoms with E-state index in [2.05, 4.69) is 5.32 Å². The van der Waals surface area contributed by atoms with Gasteiger partial charge in [0.1, 0.15) is 17.7 Å². The highest BCUT2D eigenvalue weighted by atomic mass is 19.1. The van der Waals surface area contributed by atoms with Gasteiger partial charge in [-0.1, -0.05) is 0 Å². The van der Waals surface area contributed by atoms with Gasteiger partial charge in [0, 0.05) is 6.07 Å². The van der Waals surface area contributed by atoms with Crippen LogP contribution in [0.1, 0.15) is 47.5 Å². The van der Waals surface area contributed by atoms with Crippen molar-refractivity contribution in [2.75, 3.05) is 13.1 Å². The molecule has 20 heavy (non-hydrogen) atoms. The Morgan fingerprint density at radius 1 is 1.25 bits per heavy atom. The number of piperidine rings is 1. The lowest BCUT2D eigenvalue weighted by molar-refractivity contribution is 0.0691. The van der Waals surface area contributed by atoms with Crippen molar-refractivity contribution in [1.29, 1.82) is 0 Å². The molecule has 1 saturated carbocycles. The fourth-order valence-corrected chi connectivity index (χ4v) is 2.64. The van der Waals surface area contributed by atoms with E-state index in [0.717, 1.165) is 44.3 Å². The lowest BCUT2D eigenvalue weighted by atomic mass is 10.0. The summed E-state index contributed by atoms with van der Waals surface area (Å²) in [7, 11) is 0. The zero-order valence-electron chi connectivity index (χ0n) is 11.2. The molecule has 3 rings (SSSR count). The van der Waals surface area contributed by atoms with Gasteiger partial charge in [-0.3, -0.25) is 0 Å². The third kappa shape index (κ3) is 2.77. The topological polar surface area (TPSA) is 58.6 Å². The first-order valence-corrected chi connectivity index (χ1v) is 7.09. The first-order valence-electron chi connectivity index (χ1n) is 7.09. The van der Waals surface area contributed by atoms with Crippen molar-refractivity contribution in [2.24, 2.45) is 0 Å². The summed E-state index contributed by atoms with van der Waals surface area (Å²) in [6.07, 6.45) is 3.92. The Morgan fingerprint density at radius 2 is 1.95 bits per heavy atom. The molecule has 2 fully saturated rings. The monoisotopic (exact) mass is 279 g/mol. The molecule has 2 aliphatic rings. The maximum atomic E-state index is 13.8. The molecule has 0 aromatic heterocycles. The van der Waals surface area contributed by atoms with Crippen LogP contribution in [-0.2, 0) is 0 Å². The predicted octanol–water partition coefficient (Wildman–Crippen LogP) is 2.53. The summed E-state index contributed by atoms with van der Waals surface area (Å²) >= 11 is 0. The number of aromatic carboxylic acids is 1. The standard InChI is InChI=1S/C15H18FNO3/c16-13-8-14(20-10-3-5-17-6-4-10)11(9-1-2-9)7-12(13)15(18)19/h7-10,17H,1-6H2,(H,18,19). The number of hydrogen-bond acceptors (Lipinski definition) is 3. The van der Waals surface area contributed by atoms with E-state index >= 15 is 0 Å². The molecule has 1 saturated heterocycles. The van der Waals surface area contributed by atoms with Crippen molar-refractivity contribution in [2.45, 2.75) is 37.7 Å². The lowest BCUT2D eigenvalue weighted by Crippen LogP contribution is -2.34. The van der Waals surface area contributed by atoms with Crippen molar-refractivity contribution in [3.8, 4) is 5.75 Å². The number of ether oxygens (including phenoxy) is 1. The molecule has 1 aliphatic heterocycles. The van der Waals surface area contributed by atoms with Crippen LogP contribution in [0.4, 0.5) is 4.39 Å². The van der Waals surface area contributed by atoms with Crippen LogP contribution in [0.15, 0.2) is 12.1 Å². The van der Waals surface area contributed by atoms with Crippen LogP contribution in [0.2, 0.25) is 0 Å². The summed E-state index contributed by atoms with van der Waals surface area (Å²) in [6.45, 7) is 1.80. The largest absolute Gasteiger partial charge is 0.490 e. The van der Waals surface area contributed by atoms with E-state index in [9.17, 15) is 9.18 Å². The molecule has 0 spiro atoms. The van der Waals surface area contributed by atoms with E-state index in [4.69, 9.17) is 9.84 Å². The number of benzene rings is 1. The maximum Gasteiger partial charge on any atom is 0.338 e. The summed E-state index contributed by atoms with van der Waals surface area (Å²) < 4.78 is 19.8. The zero-order chi connectivity index (χ0) is 14.1. The van der Waals surface area contributed by atoms with E-state index in [1.807, 2.05) is 0 Å². The molecule has 0 bridgehead atoms. The third-order valence-electron chi connectivity index (χ3n) is 3.93. The fraction of sp³-hybridized carbons (Fsp3) is 0.533. The molecular formula is C15H18FNO3. The average Bonchev–Trinajstić information content (AvgIpc) is 3.24. The second-order valence-electron chi connectivity index (χ2n) is 5.52. The smallest absolute Gasteiger partial charge is 0.338 e. The molecule has 1 heterocycles. The first-order chi connectivity index (χ1) is 9.65. The summed E-state index contributed by atoms with van der Waals surface area (Å²) in [6, 6.07) is 2.70. The Bertz CT molecular complexity index is 522.